The molecule has 3 rings (SSSR count). The molecular formula is C21H22N2O2. The van der Waals surface area contributed by atoms with Crippen molar-refractivity contribution >= 4 is 29.0 Å². The van der Waals surface area contributed by atoms with Crippen molar-refractivity contribution in [2.75, 3.05) is 13.7 Å². The number of hydrogen-bond acceptors (Lipinski definition) is 2. The summed E-state index contributed by atoms with van der Waals surface area (Å²) < 4.78 is 5.46. The number of carbonyl (C=O) groups excluding carboxylic acids is 1. The minimum absolute atomic E-state index is 0.0103. The molecule has 0 radical (unpaired) electrons. The molecule has 128 valence electrons. The van der Waals surface area contributed by atoms with Crippen molar-refractivity contribution in [3.63, 3.8) is 0 Å². The molecule has 1 aromatic heterocycles. The van der Waals surface area contributed by atoms with E-state index in [4.69, 9.17) is 4.74 Å². The first-order valence-corrected chi connectivity index (χ1v) is 8.33. The molecule has 1 heterocycles. The van der Waals surface area contributed by atoms with Crippen LogP contribution in [0.15, 0.2) is 48.7 Å². The van der Waals surface area contributed by atoms with Crippen LogP contribution in [0.3, 0.4) is 0 Å². The van der Waals surface area contributed by atoms with Crippen LogP contribution >= 0.6 is 0 Å². The van der Waals surface area contributed by atoms with Crippen LogP contribution in [0.4, 0.5) is 0 Å². The Kier molecular flexibility index (Phi) is 5.19. The number of benzene rings is 2. The van der Waals surface area contributed by atoms with Crippen molar-refractivity contribution < 1.29 is 9.53 Å². The lowest BCUT2D eigenvalue weighted by Crippen LogP contribution is -2.22. The number of methoxy groups -OCH3 is 1. The molecule has 0 fully saturated rings. The van der Waals surface area contributed by atoms with Crippen LogP contribution in [-0.4, -0.2) is 24.5 Å². The van der Waals surface area contributed by atoms with Gasteiger partial charge in [0.2, 0.25) is 5.91 Å². The van der Waals surface area contributed by atoms with Crippen LogP contribution in [0.1, 0.15) is 23.6 Å². The predicted octanol–water partition coefficient (Wildman–Crippen LogP) is 4.03. The van der Waals surface area contributed by atoms with Gasteiger partial charge in [-0.05, 0) is 29.7 Å². The largest absolute Gasteiger partial charge is 0.497 e. The Morgan fingerprint density at radius 2 is 2.00 bits per heavy atom. The summed E-state index contributed by atoms with van der Waals surface area (Å²) in [6, 6.07) is 14.3. The van der Waals surface area contributed by atoms with Crippen molar-refractivity contribution in [2.24, 2.45) is 0 Å². The second kappa shape index (κ2) is 7.71. The Hall–Kier alpha value is -3.01. The van der Waals surface area contributed by atoms with Gasteiger partial charge in [0.15, 0.2) is 0 Å². The Balaban J connectivity index is 1.93. The van der Waals surface area contributed by atoms with E-state index in [-0.39, 0.29) is 5.91 Å². The van der Waals surface area contributed by atoms with E-state index in [0.717, 1.165) is 39.8 Å². The second-order valence-corrected chi connectivity index (χ2v) is 5.93. The number of hydrogen-bond donors (Lipinski definition) is 2. The number of amides is 1. The van der Waals surface area contributed by atoms with Crippen molar-refractivity contribution in [2.45, 2.75) is 13.3 Å². The molecule has 4 heteroatoms. The van der Waals surface area contributed by atoms with E-state index in [1.165, 1.54) is 6.92 Å². The SMILES string of the molecule is COc1cc(/C=C/c2ccccc2)c2[nH]cc(CCNC(C)=O)c2c1. The molecule has 25 heavy (non-hydrogen) atoms. The summed E-state index contributed by atoms with van der Waals surface area (Å²) in [5, 5.41) is 3.96. The van der Waals surface area contributed by atoms with Gasteiger partial charge in [0.1, 0.15) is 5.75 Å². The van der Waals surface area contributed by atoms with E-state index in [1.807, 2.05) is 36.5 Å². The van der Waals surface area contributed by atoms with Gasteiger partial charge in [-0.25, -0.2) is 0 Å². The molecule has 0 aliphatic carbocycles. The van der Waals surface area contributed by atoms with Gasteiger partial charge in [0, 0.05) is 30.6 Å². The zero-order valence-corrected chi connectivity index (χ0v) is 14.5. The van der Waals surface area contributed by atoms with Crippen LogP contribution in [0, 0.1) is 0 Å². The fourth-order valence-corrected chi connectivity index (χ4v) is 2.87. The van der Waals surface area contributed by atoms with Gasteiger partial charge in [0.05, 0.1) is 12.6 Å². The summed E-state index contributed by atoms with van der Waals surface area (Å²) in [6.07, 6.45) is 6.96. The minimum atomic E-state index is -0.0103. The number of aromatic nitrogens is 1. The molecule has 0 spiro atoms. The molecule has 1 amide bonds. The van der Waals surface area contributed by atoms with Gasteiger partial charge < -0.3 is 15.0 Å². The highest BCUT2D eigenvalue weighted by atomic mass is 16.5. The molecule has 0 atom stereocenters. The van der Waals surface area contributed by atoms with E-state index in [2.05, 4.69) is 34.6 Å². The van der Waals surface area contributed by atoms with Crippen LogP contribution in [0.25, 0.3) is 23.1 Å². The quantitative estimate of drug-likeness (QED) is 0.669. The molecule has 4 nitrogen and oxygen atoms in total. The minimum Gasteiger partial charge on any atom is -0.497 e. The molecule has 0 saturated carbocycles. The first-order chi connectivity index (χ1) is 12.2. The van der Waals surface area contributed by atoms with Crippen molar-refractivity contribution in [1.29, 1.82) is 0 Å². The average molecular weight is 334 g/mol. The summed E-state index contributed by atoms with van der Waals surface area (Å²) in [5.41, 5.74) is 4.46. The van der Waals surface area contributed by atoms with Gasteiger partial charge in [-0.3, -0.25) is 4.79 Å². The molecule has 0 saturated heterocycles. The maximum atomic E-state index is 11.1. The lowest BCUT2D eigenvalue weighted by atomic mass is 10.0. The number of carbonyl (C=O) groups is 1. The molecule has 2 N–H and O–H groups in total. The summed E-state index contributed by atoms with van der Waals surface area (Å²) in [4.78, 5) is 14.4. The first-order valence-electron chi connectivity index (χ1n) is 8.33. The highest BCUT2D eigenvalue weighted by Crippen LogP contribution is 2.29. The van der Waals surface area contributed by atoms with Gasteiger partial charge in [-0.1, -0.05) is 42.5 Å². The number of aromatic amines is 1. The summed E-state index contributed by atoms with van der Waals surface area (Å²) in [5.74, 6) is 0.810. The zero-order valence-electron chi connectivity index (χ0n) is 14.5. The van der Waals surface area contributed by atoms with E-state index in [9.17, 15) is 4.79 Å². The highest BCUT2D eigenvalue weighted by molar-refractivity contribution is 5.94. The van der Waals surface area contributed by atoms with E-state index >= 15 is 0 Å². The van der Waals surface area contributed by atoms with Gasteiger partial charge in [-0.15, -0.1) is 0 Å². The summed E-state index contributed by atoms with van der Waals surface area (Å²) in [6.45, 7) is 2.15. The van der Waals surface area contributed by atoms with Crippen LogP contribution < -0.4 is 10.1 Å². The molecule has 0 bridgehead atoms. The number of H-pyrrole nitrogens is 1. The Labute approximate surface area is 147 Å². The van der Waals surface area contributed by atoms with Crippen LogP contribution in [0.2, 0.25) is 0 Å². The van der Waals surface area contributed by atoms with Gasteiger partial charge in [0.25, 0.3) is 0 Å². The lowest BCUT2D eigenvalue weighted by Gasteiger charge is -2.06. The monoisotopic (exact) mass is 334 g/mol. The topological polar surface area (TPSA) is 54.1 Å². The molecule has 2 aromatic carbocycles. The van der Waals surface area contributed by atoms with E-state index in [1.54, 1.807) is 7.11 Å². The van der Waals surface area contributed by atoms with Crippen LogP contribution in [-0.2, 0) is 11.2 Å². The van der Waals surface area contributed by atoms with Crippen molar-refractivity contribution in [3.8, 4) is 5.75 Å². The number of fused-ring (bicyclic) bond motifs is 1. The fraction of sp³-hybridized carbons (Fsp3) is 0.190. The zero-order chi connectivity index (χ0) is 17.6. The third kappa shape index (κ3) is 4.10. The van der Waals surface area contributed by atoms with Gasteiger partial charge in [-0.2, -0.15) is 0 Å². The Morgan fingerprint density at radius 1 is 1.20 bits per heavy atom. The molecule has 3 aromatic rings. The van der Waals surface area contributed by atoms with Crippen molar-refractivity contribution in [3.05, 3.63) is 65.4 Å². The molecular weight excluding hydrogens is 312 g/mol. The standard InChI is InChI=1S/C21H22N2O2/c1-15(24)22-11-10-18-14-23-21-17(12-19(25-2)13-20(18)21)9-8-16-6-4-3-5-7-16/h3-9,12-14,23H,10-11H2,1-2H3,(H,22,24)/b9-8+. The smallest absolute Gasteiger partial charge is 0.216 e. The average Bonchev–Trinajstić information content (AvgIpc) is 3.03. The number of nitrogens with one attached hydrogen (secondary N) is 2. The van der Waals surface area contributed by atoms with Crippen molar-refractivity contribution in [1.82, 2.24) is 10.3 Å². The summed E-state index contributed by atoms with van der Waals surface area (Å²) in [7, 11) is 1.68. The Morgan fingerprint density at radius 3 is 2.72 bits per heavy atom. The second-order valence-electron chi connectivity index (χ2n) is 5.93. The third-order valence-corrected chi connectivity index (χ3v) is 4.14. The molecule has 0 unspecified atom stereocenters. The highest BCUT2D eigenvalue weighted by Gasteiger charge is 2.09. The fourth-order valence-electron chi connectivity index (χ4n) is 2.87. The Bertz CT molecular complexity index is 895. The summed E-state index contributed by atoms with van der Waals surface area (Å²) >= 11 is 0. The lowest BCUT2D eigenvalue weighted by molar-refractivity contribution is -0.118. The van der Waals surface area contributed by atoms with Crippen LogP contribution in [0.5, 0.6) is 5.75 Å². The number of rotatable bonds is 6. The maximum absolute atomic E-state index is 11.1. The number of ether oxygens (including phenoxy) is 1. The maximum Gasteiger partial charge on any atom is 0.216 e. The normalized spacial score (nSPS) is 11.1. The predicted molar refractivity (Wildman–Crippen MR) is 103 cm³/mol. The van der Waals surface area contributed by atoms with E-state index in [0.29, 0.717) is 6.54 Å². The molecule has 0 aliphatic heterocycles. The third-order valence-electron chi connectivity index (χ3n) is 4.14. The molecule has 0 aliphatic rings. The van der Waals surface area contributed by atoms with Gasteiger partial charge >= 0.3 is 0 Å². The first kappa shape index (κ1) is 16.8. The van der Waals surface area contributed by atoms with E-state index < -0.39 is 0 Å².